The highest BCUT2D eigenvalue weighted by Gasteiger charge is 2.16. The molecule has 0 spiro atoms. The van der Waals surface area contributed by atoms with Crippen LogP contribution in [0.25, 0.3) is 0 Å². The summed E-state index contributed by atoms with van der Waals surface area (Å²) in [4.78, 5) is 11.4. The first kappa shape index (κ1) is 12.5. The van der Waals surface area contributed by atoms with Gasteiger partial charge < -0.3 is 10.1 Å². The third kappa shape index (κ3) is 2.95. The van der Waals surface area contributed by atoms with Crippen molar-refractivity contribution in [1.82, 2.24) is 0 Å². The Morgan fingerprint density at radius 2 is 2.25 bits per heavy atom. The SMILES string of the molecule is CCOC(=O)C(C)Nc1c(C)cccc1F. The Bertz CT molecular complexity index is 359. The molecule has 0 radical (unpaired) electrons. The van der Waals surface area contributed by atoms with E-state index in [4.69, 9.17) is 4.74 Å². The highest BCUT2D eigenvalue weighted by molar-refractivity contribution is 5.79. The number of carbonyl (C=O) groups excluding carboxylic acids is 1. The summed E-state index contributed by atoms with van der Waals surface area (Å²) in [6.07, 6.45) is 0. The van der Waals surface area contributed by atoms with Gasteiger partial charge in [0.15, 0.2) is 0 Å². The van der Waals surface area contributed by atoms with Gasteiger partial charge in [-0.25, -0.2) is 9.18 Å². The van der Waals surface area contributed by atoms with Crippen molar-refractivity contribution < 1.29 is 13.9 Å². The molecule has 3 nitrogen and oxygen atoms in total. The molecule has 1 rings (SSSR count). The van der Waals surface area contributed by atoms with E-state index in [2.05, 4.69) is 5.32 Å². The van der Waals surface area contributed by atoms with Crippen LogP contribution in [0, 0.1) is 12.7 Å². The van der Waals surface area contributed by atoms with Crippen LogP contribution in [0.1, 0.15) is 19.4 Å². The van der Waals surface area contributed by atoms with Crippen LogP contribution in [0.3, 0.4) is 0 Å². The fourth-order valence-corrected chi connectivity index (χ4v) is 1.36. The molecule has 0 fully saturated rings. The molecule has 1 aromatic carbocycles. The fourth-order valence-electron chi connectivity index (χ4n) is 1.36. The largest absolute Gasteiger partial charge is 0.464 e. The molecule has 0 aliphatic rings. The van der Waals surface area contributed by atoms with Crippen molar-refractivity contribution >= 4 is 11.7 Å². The lowest BCUT2D eigenvalue weighted by Gasteiger charge is -2.16. The first-order chi connectivity index (χ1) is 7.56. The molecule has 1 N–H and O–H groups in total. The summed E-state index contributed by atoms with van der Waals surface area (Å²) in [5, 5.41) is 2.81. The van der Waals surface area contributed by atoms with Crippen LogP contribution in [-0.4, -0.2) is 18.6 Å². The summed E-state index contributed by atoms with van der Waals surface area (Å²) in [5.74, 6) is -0.749. The van der Waals surface area contributed by atoms with Crippen LogP contribution in [0.5, 0.6) is 0 Å². The van der Waals surface area contributed by atoms with Crippen LogP contribution in [0.4, 0.5) is 10.1 Å². The van der Waals surface area contributed by atoms with Crippen LogP contribution in [-0.2, 0) is 9.53 Å². The summed E-state index contributed by atoms with van der Waals surface area (Å²) >= 11 is 0. The van der Waals surface area contributed by atoms with Crippen LogP contribution in [0.15, 0.2) is 18.2 Å². The molecule has 0 aliphatic heterocycles. The Kier molecular flexibility index (Phi) is 4.28. The molecular weight excluding hydrogens is 209 g/mol. The molecule has 1 aromatic rings. The lowest BCUT2D eigenvalue weighted by Crippen LogP contribution is -2.28. The lowest BCUT2D eigenvalue weighted by atomic mass is 10.1. The molecule has 0 saturated carbocycles. The van der Waals surface area contributed by atoms with Crippen LogP contribution in [0.2, 0.25) is 0 Å². The highest BCUT2D eigenvalue weighted by Crippen LogP contribution is 2.19. The fraction of sp³-hybridized carbons (Fsp3) is 0.417. The van der Waals surface area contributed by atoms with E-state index < -0.39 is 6.04 Å². The number of nitrogens with one attached hydrogen (secondary N) is 1. The standard InChI is InChI=1S/C12H16FNO2/c1-4-16-12(15)9(3)14-11-8(2)6-5-7-10(11)13/h5-7,9,14H,4H2,1-3H3. The summed E-state index contributed by atoms with van der Waals surface area (Å²) in [6, 6.07) is 4.21. The van der Waals surface area contributed by atoms with Crippen molar-refractivity contribution in [1.29, 1.82) is 0 Å². The number of ether oxygens (including phenoxy) is 1. The van der Waals surface area contributed by atoms with E-state index in [1.165, 1.54) is 6.07 Å². The molecule has 0 amide bonds. The monoisotopic (exact) mass is 225 g/mol. The molecule has 0 heterocycles. The van der Waals surface area contributed by atoms with E-state index in [0.717, 1.165) is 5.56 Å². The molecule has 0 bridgehead atoms. The van der Waals surface area contributed by atoms with E-state index in [0.29, 0.717) is 12.3 Å². The molecule has 16 heavy (non-hydrogen) atoms. The number of carbonyl (C=O) groups is 1. The Morgan fingerprint density at radius 3 is 2.81 bits per heavy atom. The zero-order valence-corrected chi connectivity index (χ0v) is 9.71. The number of aryl methyl sites for hydroxylation is 1. The van der Waals surface area contributed by atoms with Crippen LogP contribution < -0.4 is 5.32 Å². The molecular formula is C12H16FNO2. The minimum atomic E-state index is -0.560. The Labute approximate surface area is 94.6 Å². The van der Waals surface area contributed by atoms with Crippen molar-refractivity contribution in [2.45, 2.75) is 26.8 Å². The topological polar surface area (TPSA) is 38.3 Å². The maximum atomic E-state index is 13.4. The third-order valence-corrected chi connectivity index (χ3v) is 2.22. The number of hydrogen-bond acceptors (Lipinski definition) is 3. The number of anilines is 1. The quantitative estimate of drug-likeness (QED) is 0.800. The van der Waals surface area contributed by atoms with Gasteiger partial charge in [0.1, 0.15) is 11.9 Å². The average molecular weight is 225 g/mol. The number of esters is 1. The first-order valence-corrected chi connectivity index (χ1v) is 5.24. The van der Waals surface area contributed by atoms with Gasteiger partial charge in [0.05, 0.1) is 12.3 Å². The molecule has 1 unspecified atom stereocenters. The zero-order valence-electron chi connectivity index (χ0n) is 9.71. The first-order valence-electron chi connectivity index (χ1n) is 5.24. The normalized spacial score (nSPS) is 12.0. The second-order valence-corrected chi connectivity index (χ2v) is 3.55. The van der Waals surface area contributed by atoms with Crippen molar-refractivity contribution in [2.24, 2.45) is 0 Å². The Balaban J connectivity index is 2.76. The van der Waals surface area contributed by atoms with Gasteiger partial charge in [0, 0.05) is 0 Å². The summed E-state index contributed by atoms with van der Waals surface area (Å²) < 4.78 is 18.3. The van der Waals surface area contributed by atoms with Crippen molar-refractivity contribution in [2.75, 3.05) is 11.9 Å². The molecule has 0 aromatic heterocycles. The Morgan fingerprint density at radius 1 is 1.56 bits per heavy atom. The van der Waals surface area contributed by atoms with E-state index in [9.17, 15) is 9.18 Å². The number of hydrogen-bond donors (Lipinski definition) is 1. The van der Waals surface area contributed by atoms with E-state index in [-0.39, 0.29) is 11.8 Å². The smallest absolute Gasteiger partial charge is 0.328 e. The second-order valence-electron chi connectivity index (χ2n) is 3.55. The van der Waals surface area contributed by atoms with E-state index >= 15 is 0 Å². The predicted molar refractivity (Wildman–Crippen MR) is 60.9 cm³/mol. The van der Waals surface area contributed by atoms with E-state index in [1.807, 2.05) is 0 Å². The van der Waals surface area contributed by atoms with Gasteiger partial charge in [-0.2, -0.15) is 0 Å². The molecule has 1 atom stereocenters. The van der Waals surface area contributed by atoms with Crippen LogP contribution >= 0.6 is 0 Å². The van der Waals surface area contributed by atoms with Gasteiger partial charge in [-0.1, -0.05) is 12.1 Å². The number of rotatable bonds is 4. The molecule has 0 saturated heterocycles. The summed E-state index contributed by atoms with van der Waals surface area (Å²) in [7, 11) is 0. The maximum Gasteiger partial charge on any atom is 0.328 e. The minimum Gasteiger partial charge on any atom is -0.464 e. The van der Waals surface area contributed by atoms with Gasteiger partial charge in [-0.05, 0) is 32.4 Å². The summed E-state index contributed by atoms with van der Waals surface area (Å²) in [5.41, 5.74) is 1.11. The number of para-hydroxylation sites is 1. The van der Waals surface area contributed by atoms with Gasteiger partial charge in [-0.3, -0.25) is 0 Å². The lowest BCUT2D eigenvalue weighted by molar-refractivity contribution is -0.143. The molecule has 0 aliphatic carbocycles. The van der Waals surface area contributed by atoms with Crippen molar-refractivity contribution in [3.05, 3.63) is 29.6 Å². The average Bonchev–Trinajstić information content (AvgIpc) is 2.23. The van der Waals surface area contributed by atoms with Gasteiger partial charge in [-0.15, -0.1) is 0 Å². The third-order valence-electron chi connectivity index (χ3n) is 2.22. The maximum absolute atomic E-state index is 13.4. The number of halogens is 1. The molecule has 88 valence electrons. The zero-order chi connectivity index (χ0) is 12.1. The van der Waals surface area contributed by atoms with Gasteiger partial charge in [0.25, 0.3) is 0 Å². The Hall–Kier alpha value is -1.58. The van der Waals surface area contributed by atoms with E-state index in [1.54, 1.807) is 32.9 Å². The van der Waals surface area contributed by atoms with Crippen molar-refractivity contribution in [3.8, 4) is 0 Å². The number of benzene rings is 1. The van der Waals surface area contributed by atoms with Gasteiger partial charge in [0.2, 0.25) is 0 Å². The predicted octanol–water partition coefficient (Wildman–Crippen LogP) is 2.50. The van der Waals surface area contributed by atoms with Crippen molar-refractivity contribution in [3.63, 3.8) is 0 Å². The molecule has 4 heteroatoms. The highest BCUT2D eigenvalue weighted by atomic mass is 19.1. The second kappa shape index (κ2) is 5.49. The summed E-state index contributed by atoms with van der Waals surface area (Å²) in [6.45, 7) is 5.48. The minimum absolute atomic E-state index is 0.321. The van der Waals surface area contributed by atoms with Gasteiger partial charge >= 0.3 is 5.97 Å².